The summed E-state index contributed by atoms with van der Waals surface area (Å²) in [6, 6.07) is 16.4. The molecule has 1 unspecified atom stereocenters. The molecule has 2 aromatic carbocycles. The lowest BCUT2D eigenvalue weighted by Gasteiger charge is -2.37. The number of methoxy groups -OCH3 is 1. The predicted molar refractivity (Wildman–Crippen MR) is 97.8 cm³/mol. The molecule has 1 heterocycles. The first-order valence-corrected chi connectivity index (χ1v) is 8.51. The summed E-state index contributed by atoms with van der Waals surface area (Å²) in [6.45, 7) is 6.65. The van der Waals surface area contributed by atoms with Crippen LogP contribution in [-0.2, 0) is 0 Å². The Morgan fingerprint density at radius 1 is 0.958 bits per heavy atom. The molecule has 1 N–H and O–H groups in total. The van der Waals surface area contributed by atoms with Gasteiger partial charge in [-0.05, 0) is 36.8 Å². The van der Waals surface area contributed by atoms with Crippen molar-refractivity contribution in [2.24, 2.45) is 0 Å². The number of benzene rings is 2. The van der Waals surface area contributed by atoms with Gasteiger partial charge in [-0.2, -0.15) is 0 Å². The molecule has 4 nitrogen and oxygen atoms in total. The van der Waals surface area contributed by atoms with Gasteiger partial charge in [0.05, 0.1) is 13.2 Å². The maximum Gasteiger partial charge on any atom is 0.119 e. The number of piperazine rings is 1. The first-order valence-electron chi connectivity index (χ1n) is 8.51. The molecule has 0 spiro atoms. The Labute approximate surface area is 144 Å². The first-order chi connectivity index (χ1) is 11.7. The van der Waals surface area contributed by atoms with E-state index in [2.05, 4.69) is 41.0 Å². The van der Waals surface area contributed by atoms with Crippen molar-refractivity contribution in [1.82, 2.24) is 4.90 Å². The molecule has 24 heavy (non-hydrogen) atoms. The molecule has 2 aromatic rings. The summed E-state index contributed by atoms with van der Waals surface area (Å²) in [7, 11) is 1.69. The molecule has 4 heteroatoms. The van der Waals surface area contributed by atoms with Crippen LogP contribution in [0.25, 0.3) is 0 Å². The van der Waals surface area contributed by atoms with Crippen LogP contribution in [0.3, 0.4) is 0 Å². The van der Waals surface area contributed by atoms with Gasteiger partial charge in [-0.3, -0.25) is 4.90 Å². The van der Waals surface area contributed by atoms with Gasteiger partial charge < -0.3 is 14.7 Å². The van der Waals surface area contributed by atoms with Gasteiger partial charge in [0.1, 0.15) is 5.75 Å². The fourth-order valence-electron chi connectivity index (χ4n) is 3.12. The van der Waals surface area contributed by atoms with E-state index < -0.39 is 6.10 Å². The molecule has 0 aromatic heterocycles. The fourth-order valence-corrected chi connectivity index (χ4v) is 3.12. The Morgan fingerprint density at radius 2 is 1.58 bits per heavy atom. The lowest BCUT2D eigenvalue weighted by Crippen LogP contribution is -2.47. The number of aliphatic hydroxyl groups is 1. The highest BCUT2D eigenvalue weighted by atomic mass is 16.5. The number of β-amino-alcohol motifs (C(OH)–C–C–N with tert-alkyl or cyclic N) is 1. The van der Waals surface area contributed by atoms with Crippen molar-refractivity contribution in [3.8, 4) is 5.75 Å². The Morgan fingerprint density at radius 3 is 2.17 bits per heavy atom. The molecule has 0 aliphatic carbocycles. The SMILES string of the molecule is COc1ccc(N2CCN(CC(O)c3ccc(C)cc3)CC2)cc1. The standard InChI is InChI=1S/C20H26N2O2/c1-16-3-5-17(6-4-16)20(23)15-21-11-13-22(14-12-21)18-7-9-19(24-2)10-8-18/h3-10,20,23H,11-15H2,1-2H3. The summed E-state index contributed by atoms with van der Waals surface area (Å²) >= 11 is 0. The van der Waals surface area contributed by atoms with Crippen molar-refractivity contribution in [2.45, 2.75) is 13.0 Å². The molecule has 0 bridgehead atoms. The van der Waals surface area contributed by atoms with Crippen LogP contribution >= 0.6 is 0 Å². The van der Waals surface area contributed by atoms with E-state index in [-0.39, 0.29) is 0 Å². The Balaban J connectivity index is 1.52. The van der Waals surface area contributed by atoms with Crippen molar-refractivity contribution in [3.63, 3.8) is 0 Å². The number of anilines is 1. The molecule has 128 valence electrons. The Hall–Kier alpha value is -2.04. The van der Waals surface area contributed by atoms with Gasteiger partial charge in [-0.25, -0.2) is 0 Å². The second-order valence-electron chi connectivity index (χ2n) is 6.41. The number of aliphatic hydroxyl groups excluding tert-OH is 1. The second kappa shape index (κ2) is 7.69. The van der Waals surface area contributed by atoms with Crippen LogP contribution in [0.5, 0.6) is 5.75 Å². The summed E-state index contributed by atoms with van der Waals surface area (Å²) in [6.07, 6.45) is -0.418. The third-order valence-electron chi connectivity index (χ3n) is 4.70. The lowest BCUT2D eigenvalue weighted by molar-refractivity contribution is 0.109. The summed E-state index contributed by atoms with van der Waals surface area (Å²) in [5, 5.41) is 10.4. The number of nitrogens with zero attached hydrogens (tertiary/aromatic N) is 2. The van der Waals surface area contributed by atoms with Gasteiger partial charge in [0.15, 0.2) is 0 Å². The maximum atomic E-state index is 10.4. The molecular formula is C20H26N2O2. The number of hydrogen-bond acceptors (Lipinski definition) is 4. The van der Waals surface area contributed by atoms with Crippen molar-refractivity contribution in [2.75, 3.05) is 44.7 Å². The largest absolute Gasteiger partial charge is 0.497 e. The molecule has 0 radical (unpaired) electrons. The molecule has 0 amide bonds. The van der Waals surface area contributed by atoms with Gasteiger partial charge >= 0.3 is 0 Å². The molecule has 3 rings (SSSR count). The van der Waals surface area contributed by atoms with Crippen LogP contribution in [0.15, 0.2) is 48.5 Å². The van der Waals surface area contributed by atoms with E-state index in [4.69, 9.17) is 4.74 Å². The normalized spacial score (nSPS) is 16.9. The number of hydrogen-bond donors (Lipinski definition) is 1. The summed E-state index contributed by atoms with van der Waals surface area (Å²) in [5.74, 6) is 0.888. The van der Waals surface area contributed by atoms with Gasteiger partial charge in [0, 0.05) is 38.4 Å². The van der Waals surface area contributed by atoms with Gasteiger partial charge in [-0.1, -0.05) is 29.8 Å². The minimum atomic E-state index is -0.418. The lowest BCUT2D eigenvalue weighted by atomic mass is 10.1. The average Bonchev–Trinajstić information content (AvgIpc) is 2.63. The molecule has 1 saturated heterocycles. The van der Waals surface area contributed by atoms with Gasteiger partial charge in [-0.15, -0.1) is 0 Å². The van der Waals surface area contributed by atoms with E-state index in [9.17, 15) is 5.11 Å². The first kappa shape index (κ1) is 16.8. The van der Waals surface area contributed by atoms with E-state index in [1.54, 1.807) is 7.11 Å². The molecule has 1 aliphatic heterocycles. The molecule has 1 fully saturated rings. The van der Waals surface area contributed by atoms with E-state index >= 15 is 0 Å². The van der Waals surface area contributed by atoms with Crippen molar-refractivity contribution in [1.29, 1.82) is 0 Å². The summed E-state index contributed by atoms with van der Waals surface area (Å²) in [4.78, 5) is 4.72. The quantitative estimate of drug-likeness (QED) is 0.916. The minimum Gasteiger partial charge on any atom is -0.497 e. The zero-order valence-corrected chi connectivity index (χ0v) is 14.5. The molecule has 0 saturated carbocycles. The zero-order chi connectivity index (χ0) is 16.9. The predicted octanol–water partition coefficient (Wildman–Crippen LogP) is 2.86. The molecule has 1 aliphatic rings. The van der Waals surface area contributed by atoms with Crippen LogP contribution < -0.4 is 9.64 Å². The number of rotatable bonds is 5. The Bertz CT molecular complexity index is 632. The second-order valence-corrected chi connectivity index (χ2v) is 6.41. The monoisotopic (exact) mass is 326 g/mol. The van der Waals surface area contributed by atoms with Crippen molar-refractivity contribution >= 4 is 5.69 Å². The van der Waals surface area contributed by atoms with E-state index in [0.717, 1.165) is 37.5 Å². The van der Waals surface area contributed by atoms with Crippen LogP contribution in [0, 0.1) is 6.92 Å². The van der Waals surface area contributed by atoms with Gasteiger partial charge in [0.2, 0.25) is 0 Å². The van der Waals surface area contributed by atoms with Crippen molar-refractivity contribution in [3.05, 3.63) is 59.7 Å². The third kappa shape index (κ3) is 4.08. The summed E-state index contributed by atoms with van der Waals surface area (Å²) < 4.78 is 5.21. The topological polar surface area (TPSA) is 35.9 Å². The number of aryl methyl sites for hydroxylation is 1. The van der Waals surface area contributed by atoms with Crippen LogP contribution in [0.1, 0.15) is 17.2 Å². The van der Waals surface area contributed by atoms with Crippen LogP contribution in [0.4, 0.5) is 5.69 Å². The van der Waals surface area contributed by atoms with E-state index in [1.807, 2.05) is 24.3 Å². The van der Waals surface area contributed by atoms with Gasteiger partial charge in [0.25, 0.3) is 0 Å². The Kier molecular flexibility index (Phi) is 5.38. The molecule has 1 atom stereocenters. The number of ether oxygens (including phenoxy) is 1. The average molecular weight is 326 g/mol. The summed E-state index contributed by atoms with van der Waals surface area (Å²) in [5.41, 5.74) is 3.45. The zero-order valence-electron chi connectivity index (χ0n) is 14.5. The third-order valence-corrected chi connectivity index (χ3v) is 4.70. The smallest absolute Gasteiger partial charge is 0.119 e. The van der Waals surface area contributed by atoms with Crippen LogP contribution in [0.2, 0.25) is 0 Å². The highest BCUT2D eigenvalue weighted by Gasteiger charge is 2.20. The van der Waals surface area contributed by atoms with Crippen molar-refractivity contribution < 1.29 is 9.84 Å². The fraction of sp³-hybridized carbons (Fsp3) is 0.400. The minimum absolute atomic E-state index is 0.418. The van der Waals surface area contributed by atoms with Crippen LogP contribution in [-0.4, -0.2) is 49.8 Å². The van der Waals surface area contributed by atoms with E-state index in [1.165, 1.54) is 11.3 Å². The highest BCUT2D eigenvalue weighted by Crippen LogP contribution is 2.21. The van der Waals surface area contributed by atoms with E-state index in [0.29, 0.717) is 6.54 Å². The molecular weight excluding hydrogens is 300 g/mol. The highest BCUT2D eigenvalue weighted by molar-refractivity contribution is 5.49. The maximum absolute atomic E-state index is 10.4.